The second-order valence-electron chi connectivity index (χ2n) is 13.3. The maximum absolute atomic E-state index is 13.1. The van der Waals surface area contributed by atoms with Crippen LogP contribution in [0.4, 0.5) is 0 Å². The Morgan fingerprint density at radius 2 is 0.984 bits per heavy atom. The highest BCUT2D eigenvalue weighted by Crippen LogP contribution is 2.53. The van der Waals surface area contributed by atoms with Crippen LogP contribution in [-0.2, 0) is 59.9 Å². The Hall–Kier alpha value is -2.46. The summed E-state index contributed by atoms with van der Waals surface area (Å²) in [7, 11) is -23.1. The van der Waals surface area contributed by atoms with Crippen LogP contribution in [0.1, 0.15) is 104 Å². The molecule has 61 heavy (non-hydrogen) atoms. The van der Waals surface area contributed by atoms with Crippen LogP contribution in [0, 0.1) is 47.4 Å². The highest BCUT2D eigenvalue weighted by atomic mass is 31.2. The first-order valence-electron chi connectivity index (χ1n) is 19.0. The summed E-state index contributed by atoms with van der Waals surface area (Å²) in [5.41, 5.74) is 0. The maximum atomic E-state index is 13.1. The molecule has 1 saturated carbocycles. The standard InChI is InChI=1S/C35H54O22P4/c1-3-5-7-9-11-12-13-14-15-16-18-20-22-24-29(37)53-27(25-51-28(36)23-21-19-17-10-8-6-4-2)26-52-61(49,50)57-32-30(38)33(54-58(40,41)42)35(56-60(46,47)48)34(31(32)39)55-59(43,44)45/h27,30-35,38-39H,3,5,7,9,11-16,18,20,22,24-26H2,1-2H3,(H,49,50)(H2,40,41,42)(H2,43,44,45)(H2,46,47,48)/t27-,30?,31?,32?,33+,34?,35?/m0/s1. The SMILES string of the molecule is CC#CC#CC#CC#CC(=O)OC[C@@H](COP(=O)(O)OC1C(O)C(OP(=O)(O)O)C(OP(=O)(O)O)[C@H](OP(=O)(O)O)C1O)OC(=O)CCCCCCCCCCCCCCC. The van der Waals surface area contributed by atoms with Crippen molar-refractivity contribution < 1.29 is 104 Å². The van der Waals surface area contributed by atoms with Gasteiger partial charge < -0.3 is 53.9 Å². The predicted octanol–water partition coefficient (Wildman–Crippen LogP) is 2.63. The number of phosphoric ester groups is 4. The van der Waals surface area contributed by atoms with E-state index >= 15 is 0 Å². The van der Waals surface area contributed by atoms with Gasteiger partial charge in [0.05, 0.1) is 6.61 Å². The minimum atomic E-state index is -5.80. The number of phosphoric acid groups is 4. The zero-order valence-electron chi connectivity index (χ0n) is 33.5. The summed E-state index contributed by atoms with van der Waals surface area (Å²) in [6, 6.07) is 0. The van der Waals surface area contributed by atoms with Crippen LogP contribution < -0.4 is 0 Å². The van der Waals surface area contributed by atoms with Gasteiger partial charge in [0, 0.05) is 12.3 Å². The number of rotatable bonds is 28. The molecule has 26 heteroatoms. The van der Waals surface area contributed by atoms with Crippen molar-refractivity contribution in [3.63, 3.8) is 0 Å². The van der Waals surface area contributed by atoms with Gasteiger partial charge in [-0.1, -0.05) is 89.9 Å². The lowest BCUT2D eigenvalue weighted by Gasteiger charge is -2.45. The van der Waals surface area contributed by atoms with Crippen molar-refractivity contribution in [1.29, 1.82) is 0 Å². The lowest BCUT2D eigenvalue weighted by Crippen LogP contribution is -2.65. The molecule has 8 atom stereocenters. The summed E-state index contributed by atoms with van der Waals surface area (Å²) in [4.78, 5) is 91.6. The molecule has 1 fully saturated rings. The van der Waals surface area contributed by atoms with Gasteiger partial charge in [0.1, 0.15) is 43.2 Å². The summed E-state index contributed by atoms with van der Waals surface area (Å²) >= 11 is 0. The average molecular weight is 951 g/mol. The number of carbonyl (C=O) groups is 2. The highest BCUT2D eigenvalue weighted by molar-refractivity contribution is 7.47. The fourth-order valence-corrected chi connectivity index (χ4v) is 8.25. The van der Waals surface area contributed by atoms with Gasteiger partial charge in [0.2, 0.25) is 0 Å². The van der Waals surface area contributed by atoms with Crippen LogP contribution in [-0.4, -0.2) is 112 Å². The molecular formula is C35H54O22P4. The molecule has 0 aliphatic heterocycles. The number of aliphatic hydroxyl groups is 2. The van der Waals surface area contributed by atoms with Gasteiger partial charge in [-0.05, 0) is 48.9 Å². The van der Waals surface area contributed by atoms with E-state index in [1.165, 1.54) is 38.5 Å². The third kappa shape index (κ3) is 27.4. The van der Waals surface area contributed by atoms with Gasteiger partial charge >= 0.3 is 43.2 Å². The Morgan fingerprint density at radius 3 is 1.44 bits per heavy atom. The first-order valence-corrected chi connectivity index (χ1v) is 25.1. The molecule has 1 rings (SSSR count). The van der Waals surface area contributed by atoms with Crippen molar-refractivity contribution in [2.24, 2.45) is 0 Å². The topological polar surface area (TPSA) is 349 Å². The molecule has 346 valence electrons. The molecule has 0 aromatic heterocycles. The molecule has 0 heterocycles. The van der Waals surface area contributed by atoms with Crippen molar-refractivity contribution >= 4 is 43.2 Å². The zero-order chi connectivity index (χ0) is 46.1. The fraction of sp³-hybridized carbons (Fsp3) is 0.714. The van der Waals surface area contributed by atoms with Gasteiger partial charge in [-0.15, -0.1) is 0 Å². The van der Waals surface area contributed by atoms with Crippen LogP contribution in [0.25, 0.3) is 0 Å². The molecule has 0 aromatic rings. The summed E-state index contributed by atoms with van der Waals surface area (Å²) in [6.07, 6.45) is -4.79. The number of hydrogen-bond donors (Lipinski definition) is 9. The molecular weight excluding hydrogens is 896 g/mol. The number of esters is 2. The largest absolute Gasteiger partial charge is 0.472 e. The predicted molar refractivity (Wildman–Crippen MR) is 211 cm³/mol. The number of carbonyl (C=O) groups excluding carboxylic acids is 2. The second-order valence-corrected chi connectivity index (χ2v) is 18.3. The molecule has 0 aromatic carbocycles. The van der Waals surface area contributed by atoms with E-state index in [4.69, 9.17) is 18.5 Å². The van der Waals surface area contributed by atoms with Crippen LogP contribution >= 0.6 is 31.3 Å². The second kappa shape index (κ2) is 29.1. The summed E-state index contributed by atoms with van der Waals surface area (Å²) in [5, 5.41) is 21.7. The van der Waals surface area contributed by atoms with E-state index in [1.54, 1.807) is 6.92 Å². The lowest BCUT2D eigenvalue weighted by atomic mass is 9.85. The third-order valence-electron chi connectivity index (χ3n) is 8.23. The molecule has 0 amide bonds. The molecule has 0 saturated heterocycles. The lowest BCUT2D eigenvalue weighted by molar-refractivity contribution is -0.209. The van der Waals surface area contributed by atoms with Crippen molar-refractivity contribution in [1.82, 2.24) is 0 Å². The number of aliphatic hydroxyl groups excluding tert-OH is 2. The average Bonchev–Trinajstić information content (AvgIpc) is 3.14. The number of ether oxygens (including phenoxy) is 2. The molecule has 0 radical (unpaired) electrons. The highest BCUT2D eigenvalue weighted by Gasteiger charge is 2.59. The Bertz CT molecular complexity index is 1790. The van der Waals surface area contributed by atoms with Gasteiger partial charge in [-0.3, -0.25) is 27.4 Å². The molecule has 0 bridgehead atoms. The Kier molecular flexibility index (Phi) is 27.0. The van der Waals surface area contributed by atoms with Crippen molar-refractivity contribution in [3.05, 3.63) is 0 Å². The summed E-state index contributed by atoms with van der Waals surface area (Å²) < 4.78 is 80.9. The van der Waals surface area contributed by atoms with E-state index in [0.717, 1.165) is 32.1 Å². The molecule has 0 spiro atoms. The van der Waals surface area contributed by atoms with Crippen molar-refractivity contribution in [2.45, 2.75) is 146 Å². The molecule has 9 N–H and O–H groups in total. The number of unbranched alkanes of at least 4 members (excludes halogenated alkanes) is 12. The maximum Gasteiger partial charge on any atom is 0.472 e. The van der Waals surface area contributed by atoms with Crippen LogP contribution in [0.3, 0.4) is 0 Å². The smallest absolute Gasteiger partial charge is 0.456 e. The van der Waals surface area contributed by atoms with E-state index in [2.05, 4.69) is 61.9 Å². The van der Waals surface area contributed by atoms with Gasteiger partial charge in [0.15, 0.2) is 6.10 Å². The van der Waals surface area contributed by atoms with E-state index in [-0.39, 0.29) is 6.42 Å². The van der Waals surface area contributed by atoms with Gasteiger partial charge in [-0.2, -0.15) is 0 Å². The van der Waals surface area contributed by atoms with Crippen LogP contribution in [0.5, 0.6) is 0 Å². The van der Waals surface area contributed by atoms with Gasteiger partial charge in [0.25, 0.3) is 0 Å². The summed E-state index contributed by atoms with van der Waals surface area (Å²) in [5.74, 6) is 16.4. The van der Waals surface area contributed by atoms with Crippen LogP contribution in [0.15, 0.2) is 0 Å². The minimum Gasteiger partial charge on any atom is -0.456 e. The van der Waals surface area contributed by atoms with Gasteiger partial charge in [-0.25, -0.2) is 23.1 Å². The Balaban J connectivity index is 3.08. The zero-order valence-corrected chi connectivity index (χ0v) is 37.1. The normalized spacial score (nSPS) is 21.7. The van der Waals surface area contributed by atoms with E-state index < -0.39 is 99.2 Å². The third-order valence-corrected chi connectivity index (χ3v) is 10.8. The van der Waals surface area contributed by atoms with Crippen LogP contribution in [0.2, 0.25) is 0 Å². The molecule has 22 nitrogen and oxygen atoms in total. The van der Waals surface area contributed by atoms with E-state index in [0.29, 0.717) is 12.8 Å². The minimum absolute atomic E-state index is 0.117. The Labute approximate surface area is 354 Å². The monoisotopic (exact) mass is 950 g/mol. The Morgan fingerprint density at radius 1 is 0.557 bits per heavy atom. The number of hydrogen-bond acceptors (Lipinski definition) is 15. The van der Waals surface area contributed by atoms with Crippen molar-refractivity contribution in [3.8, 4) is 47.4 Å². The molecule has 1 aliphatic carbocycles. The first-order chi connectivity index (χ1) is 28.5. The molecule has 6 unspecified atom stereocenters. The summed E-state index contributed by atoms with van der Waals surface area (Å²) in [6.45, 7) is 1.79. The van der Waals surface area contributed by atoms with E-state index in [9.17, 15) is 72.3 Å². The van der Waals surface area contributed by atoms with E-state index in [1.807, 2.05) is 5.92 Å². The quantitative estimate of drug-likeness (QED) is 0.0179. The van der Waals surface area contributed by atoms with Crippen molar-refractivity contribution in [2.75, 3.05) is 13.2 Å². The first kappa shape index (κ1) is 56.6. The fourth-order valence-electron chi connectivity index (χ4n) is 5.60. The molecule has 1 aliphatic rings.